The topological polar surface area (TPSA) is 63.4 Å². The number of nitrogens with two attached hydrogens (primary N) is 1. The number of halogens is 2. The minimum absolute atomic E-state index is 0.171. The molecule has 3 rings (SSSR count). The van der Waals surface area contributed by atoms with E-state index in [1.165, 1.54) is 0 Å². The molecule has 1 unspecified atom stereocenters. The predicted molar refractivity (Wildman–Crippen MR) is 115 cm³/mol. The summed E-state index contributed by atoms with van der Waals surface area (Å²) in [6.07, 6.45) is 1.28. The summed E-state index contributed by atoms with van der Waals surface area (Å²) in [5.41, 5.74) is 7.47. The lowest BCUT2D eigenvalue weighted by atomic mass is 10.1. The summed E-state index contributed by atoms with van der Waals surface area (Å²) in [5.74, 6) is 7.24. The minimum atomic E-state index is -0.381. The molecule has 148 valence electrons. The largest absolute Gasteiger partial charge is 0.482 e. The number of benzene rings is 1. The third-order valence-corrected chi connectivity index (χ3v) is 5.38. The first kappa shape index (κ1) is 20.8. The van der Waals surface area contributed by atoms with Gasteiger partial charge in [0.15, 0.2) is 11.6 Å². The van der Waals surface area contributed by atoms with Gasteiger partial charge in [0.25, 0.3) is 0 Å². The average Bonchev–Trinajstić information content (AvgIpc) is 2.69. The highest BCUT2D eigenvalue weighted by Crippen LogP contribution is 2.34. The molecule has 1 aromatic heterocycles. The lowest BCUT2D eigenvalue weighted by molar-refractivity contribution is 0.218. The molecule has 0 bridgehead atoms. The number of hydrogen-bond donors (Lipinski definition) is 2. The summed E-state index contributed by atoms with van der Waals surface area (Å²) in [4.78, 5) is 6.58. The minimum Gasteiger partial charge on any atom is -0.482 e. The van der Waals surface area contributed by atoms with Crippen molar-refractivity contribution >= 4 is 29.0 Å². The molecule has 5 nitrogen and oxygen atoms in total. The molecule has 1 aromatic carbocycles. The van der Waals surface area contributed by atoms with E-state index in [1.807, 2.05) is 6.92 Å². The average molecular weight is 419 g/mol. The van der Waals surface area contributed by atoms with Gasteiger partial charge >= 0.3 is 0 Å². The summed E-state index contributed by atoms with van der Waals surface area (Å²) < 4.78 is 6.01. The van der Waals surface area contributed by atoms with Crippen LogP contribution in [0.3, 0.4) is 0 Å². The molecule has 0 radical (unpaired) electrons. The highest BCUT2D eigenvalue weighted by atomic mass is 35.5. The fourth-order valence-electron chi connectivity index (χ4n) is 3.11. The van der Waals surface area contributed by atoms with Gasteiger partial charge in [-0.1, -0.05) is 41.1 Å². The Labute approximate surface area is 176 Å². The Hall–Kier alpha value is -1.97. The SMILES string of the molecule is CC(C#Cc1cnc(N)c(O[C@H](C)c2c(Cl)cccc2Cl)c1)N1CCNCC1. The van der Waals surface area contributed by atoms with Crippen LogP contribution in [0, 0.1) is 11.8 Å². The van der Waals surface area contributed by atoms with Crippen molar-refractivity contribution in [2.75, 3.05) is 31.9 Å². The zero-order chi connectivity index (χ0) is 20.1. The molecule has 1 fully saturated rings. The molecule has 1 aliphatic rings. The molecule has 0 aliphatic carbocycles. The second-order valence-corrected chi connectivity index (χ2v) is 7.55. The molecule has 2 heterocycles. The van der Waals surface area contributed by atoms with E-state index in [2.05, 4.69) is 34.0 Å². The molecule has 2 aromatic rings. The van der Waals surface area contributed by atoms with Crippen LogP contribution < -0.4 is 15.8 Å². The summed E-state index contributed by atoms with van der Waals surface area (Å²) in [6.45, 7) is 7.98. The van der Waals surface area contributed by atoms with E-state index in [1.54, 1.807) is 30.5 Å². The van der Waals surface area contributed by atoms with Crippen LogP contribution >= 0.6 is 23.2 Å². The van der Waals surface area contributed by atoms with Crippen molar-refractivity contribution in [3.63, 3.8) is 0 Å². The maximum Gasteiger partial charge on any atom is 0.166 e. The molecule has 0 amide bonds. The second-order valence-electron chi connectivity index (χ2n) is 6.73. The van der Waals surface area contributed by atoms with Crippen molar-refractivity contribution in [3.05, 3.63) is 51.6 Å². The number of rotatable bonds is 4. The van der Waals surface area contributed by atoms with Gasteiger partial charge in [0, 0.05) is 59.6 Å². The van der Waals surface area contributed by atoms with Crippen LogP contribution in [0.5, 0.6) is 5.75 Å². The first-order valence-corrected chi connectivity index (χ1v) is 10.0. The van der Waals surface area contributed by atoms with Gasteiger partial charge in [-0.2, -0.15) is 0 Å². The van der Waals surface area contributed by atoms with E-state index in [-0.39, 0.29) is 12.1 Å². The number of nitrogen functional groups attached to an aromatic ring is 1. The molecular weight excluding hydrogens is 395 g/mol. The zero-order valence-corrected chi connectivity index (χ0v) is 17.5. The Morgan fingerprint density at radius 2 is 1.89 bits per heavy atom. The van der Waals surface area contributed by atoms with Crippen LogP contribution in [0.1, 0.15) is 31.1 Å². The highest BCUT2D eigenvalue weighted by Gasteiger charge is 2.17. The Kier molecular flexibility index (Phi) is 7.03. The summed E-state index contributed by atoms with van der Waals surface area (Å²) in [7, 11) is 0. The predicted octanol–water partition coefficient (Wildman–Crippen LogP) is 3.76. The Bertz CT molecular complexity index is 867. The number of piperazine rings is 1. The van der Waals surface area contributed by atoms with Crippen LogP contribution in [-0.4, -0.2) is 42.1 Å². The number of ether oxygens (including phenoxy) is 1. The number of hydrogen-bond acceptors (Lipinski definition) is 5. The molecule has 2 atom stereocenters. The van der Waals surface area contributed by atoms with Gasteiger partial charge in [-0.25, -0.2) is 4.98 Å². The molecular formula is C21H24Cl2N4O. The quantitative estimate of drug-likeness (QED) is 0.739. The number of nitrogens with one attached hydrogen (secondary N) is 1. The Morgan fingerprint density at radius 1 is 1.21 bits per heavy atom. The van der Waals surface area contributed by atoms with Crippen LogP contribution in [0.15, 0.2) is 30.5 Å². The Morgan fingerprint density at radius 3 is 2.57 bits per heavy atom. The molecule has 28 heavy (non-hydrogen) atoms. The smallest absolute Gasteiger partial charge is 0.166 e. The van der Waals surface area contributed by atoms with Crippen LogP contribution in [0.4, 0.5) is 5.82 Å². The van der Waals surface area contributed by atoms with Gasteiger partial charge in [-0.15, -0.1) is 0 Å². The van der Waals surface area contributed by atoms with Crippen molar-refractivity contribution in [2.45, 2.75) is 26.0 Å². The summed E-state index contributed by atoms with van der Waals surface area (Å²) >= 11 is 12.6. The maximum absolute atomic E-state index is 6.28. The molecule has 0 spiro atoms. The molecule has 1 saturated heterocycles. The Balaban J connectivity index is 1.76. The van der Waals surface area contributed by atoms with Crippen LogP contribution in [0.25, 0.3) is 0 Å². The number of nitrogens with zero attached hydrogens (tertiary/aromatic N) is 2. The third kappa shape index (κ3) is 5.09. The van der Waals surface area contributed by atoms with Crippen LogP contribution in [0.2, 0.25) is 10.0 Å². The fourth-order valence-corrected chi connectivity index (χ4v) is 3.82. The van der Waals surface area contributed by atoms with Gasteiger partial charge in [-0.05, 0) is 26.0 Å². The van der Waals surface area contributed by atoms with Crippen molar-refractivity contribution in [1.82, 2.24) is 15.2 Å². The van der Waals surface area contributed by atoms with Crippen LogP contribution in [-0.2, 0) is 0 Å². The van der Waals surface area contributed by atoms with Crippen molar-refractivity contribution in [2.24, 2.45) is 0 Å². The lowest BCUT2D eigenvalue weighted by Gasteiger charge is -2.29. The molecule has 7 heteroatoms. The third-order valence-electron chi connectivity index (χ3n) is 4.72. The molecule has 0 saturated carbocycles. The van der Waals surface area contributed by atoms with Gasteiger partial charge < -0.3 is 15.8 Å². The monoisotopic (exact) mass is 418 g/mol. The number of aromatic nitrogens is 1. The van der Waals surface area contributed by atoms with Gasteiger partial charge in [0.05, 0.1) is 6.04 Å². The van der Waals surface area contributed by atoms with Crippen molar-refractivity contribution in [1.29, 1.82) is 0 Å². The molecule has 1 aliphatic heterocycles. The fraction of sp³-hybridized carbons (Fsp3) is 0.381. The summed E-state index contributed by atoms with van der Waals surface area (Å²) in [5, 5.41) is 4.44. The van der Waals surface area contributed by atoms with E-state index in [9.17, 15) is 0 Å². The van der Waals surface area contributed by atoms with Gasteiger partial charge in [0.1, 0.15) is 6.10 Å². The van der Waals surface area contributed by atoms with E-state index in [0.717, 1.165) is 31.7 Å². The summed E-state index contributed by atoms with van der Waals surface area (Å²) in [6, 6.07) is 7.34. The van der Waals surface area contributed by atoms with E-state index >= 15 is 0 Å². The highest BCUT2D eigenvalue weighted by molar-refractivity contribution is 6.36. The number of pyridine rings is 1. The van der Waals surface area contributed by atoms with E-state index in [4.69, 9.17) is 33.7 Å². The lowest BCUT2D eigenvalue weighted by Crippen LogP contribution is -2.47. The normalized spacial score (nSPS) is 16.7. The van der Waals surface area contributed by atoms with E-state index < -0.39 is 0 Å². The standard InChI is InChI=1S/C21H24Cl2N4O/c1-14(27-10-8-25-9-11-27)6-7-16-12-19(21(24)26-13-16)28-15(2)20-17(22)4-3-5-18(20)23/h3-5,12-15,25H,8-11H2,1-2H3,(H2,24,26)/t14?,15-/m1/s1. The first-order valence-electron chi connectivity index (χ1n) is 9.28. The molecule has 3 N–H and O–H groups in total. The number of anilines is 1. The van der Waals surface area contributed by atoms with Gasteiger partial charge in [0.2, 0.25) is 0 Å². The first-order chi connectivity index (χ1) is 13.5. The zero-order valence-electron chi connectivity index (χ0n) is 16.0. The van der Waals surface area contributed by atoms with Crippen molar-refractivity contribution in [3.8, 4) is 17.6 Å². The second kappa shape index (κ2) is 9.49. The maximum atomic E-state index is 6.28. The van der Waals surface area contributed by atoms with E-state index in [0.29, 0.717) is 27.2 Å². The van der Waals surface area contributed by atoms with Crippen molar-refractivity contribution < 1.29 is 4.74 Å². The van der Waals surface area contributed by atoms with Gasteiger partial charge in [-0.3, -0.25) is 4.90 Å².